The van der Waals surface area contributed by atoms with Crippen LogP contribution in [0.4, 0.5) is 0 Å². The Bertz CT molecular complexity index is 92.2. The average Bonchev–Trinajstić information content (AvgIpc) is 1.91. The lowest BCUT2D eigenvalue weighted by atomic mass is 9.91. The molecule has 0 unspecified atom stereocenters. The van der Waals surface area contributed by atoms with Gasteiger partial charge in [-0.3, -0.25) is 0 Å². The van der Waals surface area contributed by atoms with E-state index in [1.807, 2.05) is 0 Å². The third kappa shape index (κ3) is 2.21. The van der Waals surface area contributed by atoms with Gasteiger partial charge in [0.2, 0.25) is 0 Å². The Morgan fingerprint density at radius 2 is 2.33 bits per heavy atom. The van der Waals surface area contributed by atoms with E-state index in [9.17, 15) is 0 Å². The van der Waals surface area contributed by atoms with Gasteiger partial charge in [-0.1, -0.05) is 31.9 Å². The zero-order chi connectivity index (χ0) is 6.53. The van der Waals surface area contributed by atoms with Gasteiger partial charge in [-0.2, -0.15) is 0 Å². The van der Waals surface area contributed by atoms with Crippen molar-refractivity contribution in [2.24, 2.45) is 5.92 Å². The molecule has 0 aromatic heterocycles. The van der Waals surface area contributed by atoms with Crippen LogP contribution in [0.1, 0.15) is 39.0 Å². The summed E-state index contributed by atoms with van der Waals surface area (Å²) in [5, 5.41) is 0. The number of hydrogen-bond acceptors (Lipinski definition) is 0. The normalized spacial score (nSPS) is 26.6. The van der Waals surface area contributed by atoms with E-state index in [4.69, 9.17) is 0 Å². The van der Waals surface area contributed by atoms with E-state index in [2.05, 4.69) is 19.1 Å². The Morgan fingerprint density at radius 3 is 2.89 bits per heavy atom. The summed E-state index contributed by atoms with van der Waals surface area (Å²) in [5.41, 5.74) is 0. The molecule has 9 heavy (non-hydrogen) atoms. The van der Waals surface area contributed by atoms with Crippen LogP contribution in [0.2, 0.25) is 0 Å². The van der Waals surface area contributed by atoms with Crippen LogP contribution in [0.25, 0.3) is 0 Å². The number of rotatable bonds is 2. The summed E-state index contributed by atoms with van der Waals surface area (Å²) in [4.78, 5) is 0. The van der Waals surface area contributed by atoms with E-state index in [0.29, 0.717) is 0 Å². The van der Waals surface area contributed by atoms with Crippen LogP contribution >= 0.6 is 0 Å². The second-order valence-corrected chi connectivity index (χ2v) is 2.94. The molecule has 0 radical (unpaired) electrons. The van der Waals surface area contributed by atoms with Crippen molar-refractivity contribution in [1.29, 1.82) is 0 Å². The first-order valence-electron chi connectivity index (χ1n) is 4.08. The monoisotopic (exact) mass is 124 g/mol. The van der Waals surface area contributed by atoms with Crippen molar-refractivity contribution >= 4 is 0 Å². The van der Waals surface area contributed by atoms with Crippen molar-refractivity contribution in [2.75, 3.05) is 0 Å². The van der Waals surface area contributed by atoms with Gasteiger partial charge in [-0.25, -0.2) is 0 Å². The second kappa shape index (κ2) is 3.71. The molecular formula is C9H16. The summed E-state index contributed by atoms with van der Waals surface area (Å²) in [5.74, 6) is 1.01. The van der Waals surface area contributed by atoms with Gasteiger partial charge < -0.3 is 0 Å². The van der Waals surface area contributed by atoms with Crippen LogP contribution in [-0.4, -0.2) is 0 Å². The fourth-order valence-electron chi connectivity index (χ4n) is 1.53. The Hall–Kier alpha value is -0.260. The zero-order valence-corrected chi connectivity index (χ0v) is 6.27. The van der Waals surface area contributed by atoms with E-state index in [1.165, 1.54) is 32.1 Å². The lowest BCUT2D eigenvalue weighted by molar-refractivity contribution is 0.441. The van der Waals surface area contributed by atoms with Crippen molar-refractivity contribution in [1.82, 2.24) is 0 Å². The van der Waals surface area contributed by atoms with Crippen LogP contribution < -0.4 is 0 Å². The molecule has 0 amide bonds. The first kappa shape index (κ1) is 6.85. The SMILES string of the molecule is CCC[C@H]1CC=CCC1. The van der Waals surface area contributed by atoms with E-state index in [0.717, 1.165) is 5.92 Å². The molecule has 0 heteroatoms. The maximum absolute atomic E-state index is 2.34. The molecule has 52 valence electrons. The van der Waals surface area contributed by atoms with Crippen molar-refractivity contribution < 1.29 is 0 Å². The maximum atomic E-state index is 2.34. The van der Waals surface area contributed by atoms with Crippen molar-refractivity contribution in [3.05, 3.63) is 12.2 Å². The Balaban J connectivity index is 2.18. The van der Waals surface area contributed by atoms with Crippen LogP contribution in [0.3, 0.4) is 0 Å². The molecule has 0 bridgehead atoms. The molecule has 0 aromatic rings. The summed E-state index contributed by atoms with van der Waals surface area (Å²) in [6, 6.07) is 0. The molecule has 1 aliphatic rings. The average molecular weight is 124 g/mol. The standard InChI is InChI=1S/C9H16/c1-2-6-9-7-4-3-5-8-9/h3-4,9H,2,5-8H2,1H3/t9-/m0/s1. The van der Waals surface area contributed by atoms with E-state index in [-0.39, 0.29) is 0 Å². The summed E-state index contributed by atoms with van der Waals surface area (Å²) < 4.78 is 0. The van der Waals surface area contributed by atoms with Crippen LogP contribution in [0.5, 0.6) is 0 Å². The Morgan fingerprint density at radius 1 is 1.44 bits per heavy atom. The molecule has 1 atom stereocenters. The topological polar surface area (TPSA) is 0 Å². The molecule has 0 heterocycles. The highest BCUT2D eigenvalue weighted by molar-refractivity contribution is 4.89. The largest absolute Gasteiger partial charge is 0.0885 e. The van der Waals surface area contributed by atoms with Crippen LogP contribution in [0.15, 0.2) is 12.2 Å². The molecule has 1 aliphatic carbocycles. The molecule has 0 aliphatic heterocycles. The minimum atomic E-state index is 1.01. The van der Waals surface area contributed by atoms with Crippen LogP contribution in [0, 0.1) is 5.92 Å². The highest BCUT2D eigenvalue weighted by Crippen LogP contribution is 2.22. The fourth-order valence-corrected chi connectivity index (χ4v) is 1.53. The molecule has 0 nitrogen and oxygen atoms in total. The van der Waals surface area contributed by atoms with Gasteiger partial charge in [-0.05, 0) is 25.2 Å². The van der Waals surface area contributed by atoms with Gasteiger partial charge >= 0.3 is 0 Å². The van der Waals surface area contributed by atoms with Crippen molar-refractivity contribution in [3.63, 3.8) is 0 Å². The fraction of sp³-hybridized carbons (Fsp3) is 0.778. The predicted molar refractivity (Wildman–Crippen MR) is 41.4 cm³/mol. The zero-order valence-electron chi connectivity index (χ0n) is 6.27. The van der Waals surface area contributed by atoms with Gasteiger partial charge in [0.1, 0.15) is 0 Å². The Kier molecular flexibility index (Phi) is 2.82. The molecule has 0 aromatic carbocycles. The lowest BCUT2D eigenvalue weighted by Gasteiger charge is -2.15. The summed E-state index contributed by atoms with van der Waals surface area (Å²) >= 11 is 0. The Labute approximate surface area is 58.0 Å². The third-order valence-electron chi connectivity index (χ3n) is 2.07. The smallest absolute Gasteiger partial charge is 0.0322 e. The lowest BCUT2D eigenvalue weighted by Crippen LogP contribution is -2.00. The maximum Gasteiger partial charge on any atom is -0.0322 e. The molecule has 0 spiro atoms. The van der Waals surface area contributed by atoms with E-state index < -0.39 is 0 Å². The van der Waals surface area contributed by atoms with Gasteiger partial charge in [0, 0.05) is 0 Å². The van der Waals surface area contributed by atoms with Gasteiger partial charge in [0.15, 0.2) is 0 Å². The van der Waals surface area contributed by atoms with Crippen LogP contribution in [-0.2, 0) is 0 Å². The van der Waals surface area contributed by atoms with Gasteiger partial charge in [0.25, 0.3) is 0 Å². The molecular weight excluding hydrogens is 108 g/mol. The minimum absolute atomic E-state index is 1.01. The quantitative estimate of drug-likeness (QED) is 0.496. The van der Waals surface area contributed by atoms with Gasteiger partial charge in [-0.15, -0.1) is 0 Å². The molecule has 1 rings (SSSR count). The summed E-state index contributed by atoms with van der Waals surface area (Å²) in [6.45, 7) is 2.28. The van der Waals surface area contributed by atoms with Gasteiger partial charge in [0.05, 0.1) is 0 Å². The van der Waals surface area contributed by atoms with Crippen molar-refractivity contribution in [2.45, 2.75) is 39.0 Å². The molecule has 0 saturated carbocycles. The van der Waals surface area contributed by atoms with Crippen molar-refractivity contribution in [3.8, 4) is 0 Å². The summed E-state index contributed by atoms with van der Waals surface area (Å²) in [6.07, 6.45) is 11.5. The first-order valence-corrected chi connectivity index (χ1v) is 4.08. The predicted octanol–water partition coefficient (Wildman–Crippen LogP) is 3.14. The van der Waals surface area contributed by atoms with E-state index >= 15 is 0 Å². The summed E-state index contributed by atoms with van der Waals surface area (Å²) in [7, 11) is 0. The molecule has 0 N–H and O–H groups in total. The third-order valence-corrected chi connectivity index (χ3v) is 2.07. The highest BCUT2D eigenvalue weighted by atomic mass is 14.1. The minimum Gasteiger partial charge on any atom is -0.0885 e. The highest BCUT2D eigenvalue weighted by Gasteiger charge is 2.06. The number of hydrogen-bond donors (Lipinski definition) is 0. The van der Waals surface area contributed by atoms with E-state index in [1.54, 1.807) is 0 Å². The molecule has 0 saturated heterocycles. The second-order valence-electron chi connectivity index (χ2n) is 2.94. The first-order chi connectivity index (χ1) is 4.43. The number of allylic oxidation sites excluding steroid dienone is 2. The molecule has 0 fully saturated rings.